The molecule has 3 rings (SSSR count). The number of allylic oxidation sites excluding steroid dienone is 1. The fourth-order valence-electron chi connectivity index (χ4n) is 3.34. The van der Waals surface area contributed by atoms with Gasteiger partial charge in [0.1, 0.15) is 11.6 Å². The maximum absolute atomic E-state index is 12.8. The molecule has 0 atom stereocenters. The van der Waals surface area contributed by atoms with Crippen LogP contribution in [0.25, 0.3) is 17.7 Å². The summed E-state index contributed by atoms with van der Waals surface area (Å²) in [6.07, 6.45) is 3.08. The molecule has 0 heterocycles. The summed E-state index contributed by atoms with van der Waals surface area (Å²) in [7, 11) is 2.93. The minimum absolute atomic E-state index is 0.125. The van der Waals surface area contributed by atoms with Crippen LogP contribution in [0.1, 0.15) is 23.6 Å². The molecule has 7 nitrogen and oxygen atoms in total. The van der Waals surface area contributed by atoms with Crippen LogP contribution in [0.4, 0.5) is 0 Å². The quantitative estimate of drug-likeness (QED) is 0.108. The summed E-state index contributed by atoms with van der Waals surface area (Å²) in [5.74, 6) is 0.561. The summed E-state index contributed by atoms with van der Waals surface area (Å²) >= 11 is 5.93. The predicted octanol–water partition coefficient (Wildman–Crippen LogP) is 6.33. The van der Waals surface area contributed by atoms with Crippen LogP contribution in [0.15, 0.2) is 66.2 Å². The minimum atomic E-state index is -0.851. The van der Waals surface area contributed by atoms with Crippen molar-refractivity contribution in [2.45, 2.75) is 6.92 Å². The Morgan fingerprint density at radius 3 is 2.00 bits per heavy atom. The van der Waals surface area contributed by atoms with E-state index in [9.17, 15) is 15.3 Å². The Morgan fingerprint density at radius 1 is 0.838 bits per heavy atom. The number of halogens is 1. The van der Waals surface area contributed by atoms with Gasteiger partial charge in [0.05, 0.1) is 32.5 Å². The molecule has 37 heavy (non-hydrogen) atoms. The Hall–Kier alpha value is -4.72. The Labute approximate surface area is 220 Å². The largest absolute Gasteiger partial charge is 0.493 e. The van der Waals surface area contributed by atoms with E-state index in [2.05, 4.69) is 6.07 Å². The molecule has 0 aliphatic heterocycles. The van der Waals surface area contributed by atoms with Crippen LogP contribution >= 0.6 is 11.6 Å². The van der Waals surface area contributed by atoms with Crippen molar-refractivity contribution in [2.75, 3.05) is 20.8 Å². The van der Waals surface area contributed by atoms with Crippen LogP contribution < -0.4 is 18.9 Å². The van der Waals surface area contributed by atoms with Gasteiger partial charge in [-0.3, -0.25) is 0 Å². The summed E-state index contributed by atoms with van der Waals surface area (Å²) in [6.45, 7) is 2.33. The topological polar surface area (TPSA) is 102 Å². The number of nitriles is 2. The molecule has 0 saturated carbocycles. The SMILES string of the molecule is CCOc1ccc(/C=C(\C#N)C(=O)Oc2ccc(/C=C(\C#N)c3ccc(Cl)cc3)cc2OC)cc1OC. The molecule has 0 fully saturated rings. The first-order chi connectivity index (χ1) is 17.9. The van der Waals surface area contributed by atoms with Gasteiger partial charge in [0.15, 0.2) is 23.0 Å². The van der Waals surface area contributed by atoms with Crippen LogP contribution in [0, 0.1) is 22.7 Å². The summed E-state index contributed by atoms with van der Waals surface area (Å²) in [5.41, 5.74) is 2.12. The van der Waals surface area contributed by atoms with Gasteiger partial charge in [-0.25, -0.2) is 4.79 Å². The lowest BCUT2D eigenvalue weighted by molar-refractivity contribution is -0.129. The summed E-state index contributed by atoms with van der Waals surface area (Å²) in [4.78, 5) is 12.8. The van der Waals surface area contributed by atoms with Crippen molar-refractivity contribution in [2.24, 2.45) is 0 Å². The minimum Gasteiger partial charge on any atom is -0.493 e. The number of hydrogen-bond acceptors (Lipinski definition) is 7. The zero-order valence-corrected chi connectivity index (χ0v) is 21.2. The van der Waals surface area contributed by atoms with E-state index in [4.69, 9.17) is 30.5 Å². The highest BCUT2D eigenvalue weighted by molar-refractivity contribution is 6.30. The lowest BCUT2D eigenvalue weighted by Crippen LogP contribution is -2.11. The first-order valence-electron chi connectivity index (χ1n) is 11.1. The monoisotopic (exact) mass is 514 g/mol. The highest BCUT2D eigenvalue weighted by Gasteiger charge is 2.16. The van der Waals surface area contributed by atoms with Gasteiger partial charge in [0, 0.05) is 5.02 Å². The first kappa shape index (κ1) is 26.9. The normalized spacial score (nSPS) is 11.2. The van der Waals surface area contributed by atoms with Gasteiger partial charge in [-0.2, -0.15) is 10.5 Å². The first-order valence-corrected chi connectivity index (χ1v) is 11.5. The third-order valence-electron chi connectivity index (χ3n) is 5.12. The number of carbonyl (C=O) groups excluding carboxylic acids is 1. The lowest BCUT2D eigenvalue weighted by atomic mass is 10.0. The van der Waals surface area contributed by atoms with E-state index in [0.29, 0.717) is 45.4 Å². The van der Waals surface area contributed by atoms with Crippen molar-refractivity contribution in [3.63, 3.8) is 0 Å². The van der Waals surface area contributed by atoms with Crippen molar-refractivity contribution < 1.29 is 23.7 Å². The molecule has 0 radical (unpaired) electrons. The second kappa shape index (κ2) is 12.8. The van der Waals surface area contributed by atoms with E-state index in [1.54, 1.807) is 60.7 Å². The van der Waals surface area contributed by atoms with Crippen LogP contribution in [0.2, 0.25) is 5.02 Å². The molecule has 3 aromatic carbocycles. The highest BCUT2D eigenvalue weighted by atomic mass is 35.5. The molecule has 0 spiro atoms. The molecule has 3 aromatic rings. The summed E-state index contributed by atoms with van der Waals surface area (Å²) in [5, 5.41) is 19.7. The third kappa shape index (κ3) is 6.91. The van der Waals surface area contributed by atoms with Crippen molar-refractivity contribution in [3.05, 3.63) is 87.9 Å². The molecule has 0 aliphatic carbocycles. The maximum atomic E-state index is 12.8. The molecule has 0 aromatic heterocycles. The van der Waals surface area contributed by atoms with E-state index >= 15 is 0 Å². The van der Waals surface area contributed by atoms with Crippen molar-refractivity contribution >= 4 is 35.3 Å². The van der Waals surface area contributed by atoms with E-state index in [0.717, 1.165) is 0 Å². The van der Waals surface area contributed by atoms with E-state index in [1.165, 1.54) is 26.4 Å². The zero-order chi connectivity index (χ0) is 26.8. The average molecular weight is 515 g/mol. The van der Waals surface area contributed by atoms with E-state index in [-0.39, 0.29) is 17.1 Å². The number of rotatable bonds is 9. The molecule has 0 saturated heterocycles. The maximum Gasteiger partial charge on any atom is 0.354 e. The van der Waals surface area contributed by atoms with Gasteiger partial charge in [0.2, 0.25) is 0 Å². The number of methoxy groups -OCH3 is 2. The predicted molar refractivity (Wildman–Crippen MR) is 141 cm³/mol. The Balaban J connectivity index is 1.85. The molecular weight excluding hydrogens is 492 g/mol. The fourth-order valence-corrected chi connectivity index (χ4v) is 3.47. The molecule has 186 valence electrons. The van der Waals surface area contributed by atoms with Crippen LogP contribution in [0.5, 0.6) is 23.0 Å². The molecule has 0 unspecified atom stereocenters. The van der Waals surface area contributed by atoms with E-state index in [1.807, 2.05) is 13.0 Å². The van der Waals surface area contributed by atoms with Crippen molar-refractivity contribution in [1.29, 1.82) is 10.5 Å². The average Bonchev–Trinajstić information content (AvgIpc) is 2.92. The standard InChI is InChI=1S/C29H23ClN2O5/c1-4-36-25-11-5-20(15-27(25)34-2)14-23(18-32)29(33)37-26-12-6-19(16-28(26)35-3)13-22(17-31)21-7-9-24(30)10-8-21/h5-16H,4H2,1-3H3/b22-13+,23-14+. The van der Waals surface area contributed by atoms with Crippen molar-refractivity contribution in [1.82, 2.24) is 0 Å². The zero-order valence-electron chi connectivity index (χ0n) is 20.4. The molecule has 0 aliphatic rings. The van der Waals surface area contributed by atoms with Gasteiger partial charge < -0.3 is 18.9 Å². The summed E-state index contributed by atoms with van der Waals surface area (Å²) in [6, 6.07) is 20.8. The molecule has 0 bridgehead atoms. The number of benzene rings is 3. The Morgan fingerprint density at radius 2 is 1.43 bits per heavy atom. The van der Waals surface area contributed by atoms with Crippen LogP contribution in [-0.2, 0) is 4.79 Å². The molecule has 8 heteroatoms. The van der Waals surface area contributed by atoms with Gasteiger partial charge in [-0.1, -0.05) is 35.9 Å². The van der Waals surface area contributed by atoms with Crippen LogP contribution in [0.3, 0.4) is 0 Å². The number of esters is 1. The summed E-state index contributed by atoms with van der Waals surface area (Å²) < 4.78 is 21.6. The van der Waals surface area contributed by atoms with Crippen LogP contribution in [-0.4, -0.2) is 26.8 Å². The fraction of sp³-hybridized carbons (Fsp3) is 0.138. The number of carbonyl (C=O) groups is 1. The number of ether oxygens (including phenoxy) is 4. The molecular formula is C29H23ClN2O5. The molecule has 0 N–H and O–H groups in total. The Bertz CT molecular complexity index is 1430. The number of nitrogens with zero attached hydrogens (tertiary/aromatic N) is 2. The van der Waals surface area contributed by atoms with Gasteiger partial charge in [0.25, 0.3) is 0 Å². The lowest BCUT2D eigenvalue weighted by Gasteiger charge is -2.11. The Kier molecular flexibility index (Phi) is 9.32. The molecule has 0 amide bonds. The van der Waals surface area contributed by atoms with Gasteiger partial charge in [-0.05, 0) is 72.2 Å². The number of hydrogen-bond donors (Lipinski definition) is 0. The smallest absolute Gasteiger partial charge is 0.354 e. The van der Waals surface area contributed by atoms with E-state index < -0.39 is 5.97 Å². The van der Waals surface area contributed by atoms with Gasteiger partial charge in [-0.15, -0.1) is 0 Å². The highest BCUT2D eigenvalue weighted by Crippen LogP contribution is 2.32. The van der Waals surface area contributed by atoms with Crippen molar-refractivity contribution in [3.8, 4) is 35.1 Å². The second-order valence-electron chi connectivity index (χ2n) is 7.49. The third-order valence-corrected chi connectivity index (χ3v) is 5.37. The second-order valence-corrected chi connectivity index (χ2v) is 7.93. The van der Waals surface area contributed by atoms with Gasteiger partial charge >= 0.3 is 5.97 Å².